The molecule has 2 saturated carbocycles. The third-order valence-electron chi connectivity index (χ3n) is 5.87. The predicted molar refractivity (Wildman–Crippen MR) is 110 cm³/mol. The maximum Gasteiger partial charge on any atom is 0.314 e. The first-order valence-electron chi connectivity index (χ1n) is 9.52. The van der Waals surface area contributed by atoms with Crippen LogP contribution in [-0.2, 0) is 19.1 Å². The Morgan fingerprint density at radius 2 is 1.93 bits per heavy atom. The quantitative estimate of drug-likeness (QED) is 0.526. The summed E-state index contributed by atoms with van der Waals surface area (Å²) in [6.07, 6.45) is 5.05. The molecule has 3 aliphatic rings. The van der Waals surface area contributed by atoms with Gasteiger partial charge >= 0.3 is 5.97 Å². The van der Waals surface area contributed by atoms with E-state index in [0.717, 1.165) is 53.2 Å². The number of rotatable bonds is 4. The summed E-state index contributed by atoms with van der Waals surface area (Å²) < 4.78 is 12.4. The fraction of sp³-hybridized carbons (Fsp3) is 0.524. The molecule has 2 fully saturated rings. The fourth-order valence-electron chi connectivity index (χ4n) is 4.08. The van der Waals surface area contributed by atoms with Crippen molar-refractivity contribution in [3.8, 4) is 0 Å². The van der Waals surface area contributed by atoms with E-state index in [0.29, 0.717) is 11.3 Å². The molecular weight excluding hydrogens is 457 g/mol. The van der Waals surface area contributed by atoms with Crippen molar-refractivity contribution in [1.82, 2.24) is 5.32 Å². The van der Waals surface area contributed by atoms with Gasteiger partial charge in [0, 0.05) is 16.2 Å². The molecule has 1 N–H and O–H groups in total. The van der Waals surface area contributed by atoms with Crippen LogP contribution in [0.5, 0.6) is 0 Å². The number of hydrogen-bond acceptors (Lipinski definition) is 4. The van der Waals surface area contributed by atoms with Crippen LogP contribution in [-0.4, -0.2) is 30.6 Å². The van der Waals surface area contributed by atoms with Gasteiger partial charge in [0.25, 0.3) is 5.91 Å². The van der Waals surface area contributed by atoms with E-state index in [-0.39, 0.29) is 23.9 Å². The van der Waals surface area contributed by atoms with Crippen LogP contribution >= 0.6 is 22.6 Å². The smallest absolute Gasteiger partial charge is 0.314 e. The minimum atomic E-state index is -0.598. The highest BCUT2D eigenvalue weighted by Crippen LogP contribution is 2.45. The molecule has 0 atom stereocenters. The normalized spacial score (nSPS) is 27.8. The summed E-state index contributed by atoms with van der Waals surface area (Å²) in [5, 5.41) is 3.17. The second-order valence-corrected chi connectivity index (χ2v) is 9.02. The summed E-state index contributed by atoms with van der Waals surface area (Å²) in [5.74, 6) is 0.170. The van der Waals surface area contributed by atoms with Gasteiger partial charge in [0.1, 0.15) is 5.76 Å². The van der Waals surface area contributed by atoms with Crippen molar-refractivity contribution in [2.24, 2.45) is 5.92 Å². The van der Waals surface area contributed by atoms with E-state index in [2.05, 4.69) is 27.9 Å². The molecule has 1 aromatic carbocycles. The molecule has 1 aromatic rings. The zero-order valence-electron chi connectivity index (χ0n) is 15.6. The fourth-order valence-corrected chi connectivity index (χ4v) is 4.68. The standard InChI is InChI=1S/C21H24INO4/c1-12-3-6-16(22)15(11-12)17-18(27-20(25)13-4-5-13)21(23-19(17)24)9-7-14(26-2)8-10-21/h3,6,11,13-14H,4-5,7-10H2,1-2H3,(H,23,24). The van der Waals surface area contributed by atoms with E-state index in [1.165, 1.54) is 0 Å². The molecule has 0 saturated heterocycles. The Bertz CT molecular complexity index is 819. The van der Waals surface area contributed by atoms with Gasteiger partial charge < -0.3 is 14.8 Å². The van der Waals surface area contributed by atoms with Gasteiger partial charge in [-0.25, -0.2) is 0 Å². The number of hydrogen-bond donors (Lipinski definition) is 1. The molecule has 6 heteroatoms. The van der Waals surface area contributed by atoms with Gasteiger partial charge in [-0.05, 0) is 74.1 Å². The second-order valence-electron chi connectivity index (χ2n) is 7.85. The number of carbonyl (C=O) groups excluding carboxylic acids is 2. The number of halogens is 1. The summed E-state index contributed by atoms with van der Waals surface area (Å²) in [5.41, 5.74) is 1.84. The minimum absolute atomic E-state index is 0.0154. The molecule has 0 aromatic heterocycles. The molecule has 1 amide bonds. The van der Waals surface area contributed by atoms with E-state index in [1.54, 1.807) is 7.11 Å². The average Bonchev–Trinajstić information content (AvgIpc) is 3.46. The Morgan fingerprint density at radius 1 is 1.22 bits per heavy atom. The van der Waals surface area contributed by atoms with Crippen LogP contribution in [0.25, 0.3) is 5.57 Å². The lowest BCUT2D eigenvalue weighted by molar-refractivity contribution is -0.142. The Balaban J connectivity index is 1.79. The molecule has 144 valence electrons. The molecule has 0 bridgehead atoms. The number of ether oxygens (including phenoxy) is 2. The summed E-state index contributed by atoms with van der Waals surface area (Å²) in [6, 6.07) is 6.02. The maximum absolute atomic E-state index is 13.0. The highest BCUT2D eigenvalue weighted by molar-refractivity contribution is 14.1. The average molecular weight is 481 g/mol. The van der Waals surface area contributed by atoms with Gasteiger partial charge in [0.05, 0.1) is 23.1 Å². The Kier molecular flexibility index (Phi) is 5.05. The summed E-state index contributed by atoms with van der Waals surface area (Å²) in [4.78, 5) is 25.6. The van der Waals surface area contributed by atoms with Crippen LogP contribution in [0.15, 0.2) is 24.0 Å². The monoisotopic (exact) mass is 481 g/mol. The highest BCUT2D eigenvalue weighted by Gasteiger charge is 2.51. The lowest BCUT2D eigenvalue weighted by Gasteiger charge is -2.37. The van der Waals surface area contributed by atoms with Crippen molar-refractivity contribution in [1.29, 1.82) is 0 Å². The summed E-state index contributed by atoms with van der Waals surface area (Å²) in [7, 11) is 1.72. The van der Waals surface area contributed by atoms with E-state index in [1.807, 2.05) is 25.1 Å². The highest BCUT2D eigenvalue weighted by atomic mass is 127. The topological polar surface area (TPSA) is 64.6 Å². The van der Waals surface area contributed by atoms with E-state index < -0.39 is 5.54 Å². The van der Waals surface area contributed by atoms with Gasteiger partial charge in [-0.3, -0.25) is 9.59 Å². The lowest BCUT2D eigenvalue weighted by atomic mass is 9.79. The largest absolute Gasteiger partial charge is 0.427 e. The van der Waals surface area contributed by atoms with Crippen LogP contribution in [0.3, 0.4) is 0 Å². The molecule has 4 rings (SSSR count). The number of nitrogens with one attached hydrogen (secondary N) is 1. The summed E-state index contributed by atoms with van der Waals surface area (Å²) >= 11 is 2.24. The van der Waals surface area contributed by atoms with E-state index in [9.17, 15) is 9.59 Å². The van der Waals surface area contributed by atoms with Crippen molar-refractivity contribution < 1.29 is 19.1 Å². The van der Waals surface area contributed by atoms with Gasteiger partial charge in [0.2, 0.25) is 0 Å². The van der Waals surface area contributed by atoms with E-state index in [4.69, 9.17) is 9.47 Å². The van der Waals surface area contributed by atoms with Crippen LogP contribution in [0.4, 0.5) is 0 Å². The van der Waals surface area contributed by atoms with Gasteiger partial charge in [-0.2, -0.15) is 0 Å². The number of aryl methyl sites for hydroxylation is 1. The molecule has 0 radical (unpaired) electrons. The Morgan fingerprint density at radius 3 is 2.56 bits per heavy atom. The Labute approximate surface area is 173 Å². The lowest BCUT2D eigenvalue weighted by Crippen LogP contribution is -2.49. The van der Waals surface area contributed by atoms with Crippen molar-refractivity contribution in [2.45, 2.75) is 57.1 Å². The molecule has 27 heavy (non-hydrogen) atoms. The van der Waals surface area contributed by atoms with Crippen LogP contribution in [0.2, 0.25) is 0 Å². The second kappa shape index (κ2) is 7.20. The molecule has 0 unspecified atom stereocenters. The molecule has 1 aliphatic heterocycles. The number of carbonyl (C=O) groups is 2. The Hall–Kier alpha value is -1.41. The van der Waals surface area contributed by atoms with Crippen LogP contribution in [0.1, 0.15) is 49.7 Å². The zero-order chi connectivity index (χ0) is 19.2. The van der Waals surface area contributed by atoms with Gasteiger partial charge in [0.15, 0.2) is 0 Å². The van der Waals surface area contributed by atoms with Crippen LogP contribution < -0.4 is 5.32 Å². The van der Waals surface area contributed by atoms with Crippen molar-refractivity contribution in [2.75, 3.05) is 7.11 Å². The maximum atomic E-state index is 13.0. The first-order valence-corrected chi connectivity index (χ1v) is 10.6. The molecule has 1 spiro atoms. The van der Waals surface area contributed by atoms with Crippen molar-refractivity contribution in [3.63, 3.8) is 0 Å². The van der Waals surface area contributed by atoms with Crippen molar-refractivity contribution in [3.05, 3.63) is 38.7 Å². The number of amides is 1. The van der Waals surface area contributed by atoms with Crippen molar-refractivity contribution >= 4 is 40.0 Å². The number of esters is 1. The van der Waals surface area contributed by atoms with Gasteiger partial charge in [-0.1, -0.05) is 17.7 Å². The zero-order valence-corrected chi connectivity index (χ0v) is 17.8. The molecule has 1 heterocycles. The third-order valence-corrected chi connectivity index (χ3v) is 6.81. The number of methoxy groups -OCH3 is 1. The van der Waals surface area contributed by atoms with Crippen LogP contribution in [0, 0.1) is 16.4 Å². The molecular formula is C21H24INO4. The van der Waals surface area contributed by atoms with E-state index >= 15 is 0 Å². The summed E-state index contributed by atoms with van der Waals surface area (Å²) in [6.45, 7) is 2.00. The first-order chi connectivity index (χ1) is 12.9. The molecule has 5 nitrogen and oxygen atoms in total. The first kappa shape index (κ1) is 18.9. The SMILES string of the molecule is COC1CCC2(CC1)NC(=O)C(c1cc(C)ccc1I)=C2OC(=O)C1CC1. The number of benzene rings is 1. The van der Waals surface area contributed by atoms with Gasteiger partial charge in [-0.15, -0.1) is 0 Å². The predicted octanol–water partition coefficient (Wildman–Crippen LogP) is 3.72. The molecule has 2 aliphatic carbocycles. The minimum Gasteiger partial charge on any atom is -0.427 e. The third kappa shape index (κ3) is 3.53.